The number of halogens is 2. The van der Waals surface area contributed by atoms with Crippen LogP contribution in [0.2, 0.25) is 4.73 Å². The fraction of sp³-hybridized carbons (Fsp3) is 0.364. The zero-order valence-electron chi connectivity index (χ0n) is 16.1. The standard InChI is InChI=1S/C17H15.C4H9.CH3O.2ClH.Ti/c1-12-7-10-17(13(12)2)16-9-8-14-5-3-4-6-15(14)11-16;1-3-4-2;1-2;;;/h3-9H,10H2,1-2H3;1,3-4H2,2H3;1H3;2*1H;/q;;-1;;;+1. The van der Waals surface area contributed by atoms with E-state index in [1.165, 1.54) is 50.6 Å². The van der Waals surface area contributed by atoms with E-state index in [1.807, 2.05) is 7.11 Å². The summed E-state index contributed by atoms with van der Waals surface area (Å²) in [5, 5.41) is 2.75. The number of benzene rings is 2. The predicted molar refractivity (Wildman–Crippen MR) is 116 cm³/mol. The van der Waals surface area contributed by atoms with Crippen molar-refractivity contribution in [2.24, 2.45) is 0 Å². The van der Waals surface area contributed by atoms with Gasteiger partial charge < -0.3 is 0 Å². The molecule has 4 heteroatoms. The molecule has 1 aliphatic carbocycles. The van der Waals surface area contributed by atoms with Crippen molar-refractivity contribution >= 4 is 45.0 Å². The monoisotopic (exact) mass is 427 g/mol. The molecule has 0 aromatic heterocycles. The van der Waals surface area contributed by atoms with Gasteiger partial charge in [0.25, 0.3) is 0 Å². The SMILES string of the molecule is CCC[CH2][Ti]([O]C)[c]1c(C2=C(C)C(C)=CC2)ccc2ccccc12.Cl.Cl. The van der Waals surface area contributed by atoms with Crippen molar-refractivity contribution in [3.63, 3.8) is 0 Å². The van der Waals surface area contributed by atoms with Crippen molar-refractivity contribution in [2.45, 2.75) is 44.8 Å². The topological polar surface area (TPSA) is 9.23 Å². The molecule has 0 fully saturated rings. The Labute approximate surface area is 177 Å². The van der Waals surface area contributed by atoms with E-state index in [4.69, 9.17) is 3.32 Å². The molecule has 0 unspecified atom stereocenters. The molecule has 2 aromatic rings. The van der Waals surface area contributed by atoms with E-state index >= 15 is 0 Å². The van der Waals surface area contributed by atoms with Gasteiger partial charge in [-0.3, -0.25) is 0 Å². The van der Waals surface area contributed by atoms with Gasteiger partial charge in [0.05, 0.1) is 0 Å². The molecule has 141 valence electrons. The summed E-state index contributed by atoms with van der Waals surface area (Å²) in [6.07, 6.45) is 5.93. The van der Waals surface area contributed by atoms with Crippen LogP contribution in [0.15, 0.2) is 53.6 Å². The van der Waals surface area contributed by atoms with Gasteiger partial charge in [-0.05, 0) is 0 Å². The van der Waals surface area contributed by atoms with Crippen molar-refractivity contribution in [1.29, 1.82) is 0 Å². The Hall–Kier alpha value is -0.566. The number of hydrogen-bond donors (Lipinski definition) is 0. The zero-order chi connectivity index (χ0) is 17.1. The Morgan fingerprint density at radius 2 is 1.77 bits per heavy atom. The molecular formula is C22H29Cl2OTi. The minimum Gasteiger partial charge on any atom is -0.147 e. The number of allylic oxidation sites excluding steroid dienone is 4. The van der Waals surface area contributed by atoms with Gasteiger partial charge in [-0.1, -0.05) is 0 Å². The second kappa shape index (κ2) is 10.7. The summed E-state index contributed by atoms with van der Waals surface area (Å²) in [6, 6.07) is 13.5. The third-order valence-electron chi connectivity index (χ3n) is 5.19. The Kier molecular flexibility index (Phi) is 9.65. The third kappa shape index (κ3) is 4.64. The van der Waals surface area contributed by atoms with Crippen LogP contribution < -0.4 is 3.87 Å². The minimum atomic E-state index is -1.76. The summed E-state index contributed by atoms with van der Waals surface area (Å²) in [5.41, 5.74) is 5.84. The van der Waals surface area contributed by atoms with Gasteiger partial charge in [0.1, 0.15) is 0 Å². The first-order valence-corrected chi connectivity index (χ1v) is 11.5. The summed E-state index contributed by atoms with van der Waals surface area (Å²) in [5.74, 6) is 0. The molecule has 0 radical (unpaired) electrons. The smallest absolute Gasteiger partial charge is 0.147 e. The minimum absolute atomic E-state index is 0. The van der Waals surface area contributed by atoms with E-state index in [0.717, 1.165) is 6.42 Å². The van der Waals surface area contributed by atoms with Crippen LogP contribution in [0.1, 0.15) is 45.6 Å². The van der Waals surface area contributed by atoms with Gasteiger partial charge in [-0.25, -0.2) is 0 Å². The van der Waals surface area contributed by atoms with Crippen LogP contribution in [-0.2, 0) is 21.6 Å². The second-order valence-corrected chi connectivity index (χ2v) is 10.2. The Morgan fingerprint density at radius 3 is 2.38 bits per heavy atom. The maximum atomic E-state index is 6.14. The van der Waals surface area contributed by atoms with Crippen molar-refractivity contribution in [1.82, 2.24) is 0 Å². The molecule has 0 aliphatic heterocycles. The summed E-state index contributed by atoms with van der Waals surface area (Å²) < 4.78 is 8.92. The van der Waals surface area contributed by atoms with Crippen LogP contribution in [0.5, 0.6) is 0 Å². The average Bonchev–Trinajstić information content (AvgIpc) is 2.94. The number of hydrogen-bond acceptors (Lipinski definition) is 1. The maximum Gasteiger partial charge on any atom is -0.147 e. The first kappa shape index (κ1) is 23.5. The van der Waals surface area contributed by atoms with E-state index in [9.17, 15) is 0 Å². The molecule has 1 nitrogen and oxygen atoms in total. The van der Waals surface area contributed by atoms with Crippen LogP contribution >= 0.6 is 24.8 Å². The third-order valence-corrected chi connectivity index (χ3v) is 8.94. The fourth-order valence-electron chi connectivity index (χ4n) is 3.60. The van der Waals surface area contributed by atoms with Gasteiger partial charge in [0.2, 0.25) is 0 Å². The molecule has 26 heavy (non-hydrogen) atoms. The Morgan fingerprint density at radius 1 is 1.04 bits per heavy atom. The molecule has 0 spiro atoms. The van der Waals surface area contributed by atoms with Gasteiger partial charge in [-0.15, -0.1) is 24.8 Å². The van der Waals surface area contributed by atoms with E-state index in [0.29, 0.717) is 0 Å². The Bertz CT molecular complexity index is 811. The van der Waals surface area contributed by atoms with Gasteiger partial charge in [-0.2, -0.15) is 0 Å². The molecule has 0 N–H and O–H groups in total. The molecule has 0 saturated carbocycles. The molecule has 1 aliphatic rings. The normalized spacial score (nSPS) is 13.3. The number of unbranched alkanes of at least 4 members (excludes halogenated alkanes) is 1. The largest absolute Gasteiger partial charge is 0.147 e. The number of fused-ring (bicyclic) bond motifs is 1. The van der Waals surface area contributed by atoms with Crippen LogP contribution in [-0.4, -0.2) is 7.11 Å². The van der Waals surface area contributed by atoms with Gasteiger partial charge in [0, 0.05) is 0 Å². The summed E-state index contributed by atoms with van der Waals surface area (Å²) in [6.45, 7) is 6.77. The molecule has 0 amide bonds. The summed E-state index contributed by atoms with van der Waals surface area (Å²) in [4.78, 5) is 0. The van der Waals surface area contributed by atoms with E-state index < -0.39 is 18.3 Å². The first-order valence-electron chi connectivity index (χ1n) is 8.96. The average molecular weight is 428 g/mol. The molecule has 0 saturated heterocycles. The van der Waals surface area contributed by atoms with E-state index in [2.05, 4.69) is 63.2 Å². The van der Waals surface area contributed by atoms with Crippen molar-refractivity contribution in [2.75, 3.05) is 7.11 Å². The van der Waals surface area contributed by atoms with Crippen LogP contribution in [0.3, 0.4) is 0 Å². The summed E-state index contributed by atoms with van der Waals surface area (Å²) in [7, 11) is 1.93. The molecular weight excluding hydrogens is 399 g/mol. The van der Waals surface area contributed by atoms with E-state index in [-0.39, 0.29) is 24.8 Å². The molecule has 0 heterocycles. The number of rotatable bonds is 6. The molecule has 2 aromatic carbocycles. The molecule has 0 atom stereocenters. The van der Waals surface area contributed by atoms with E-state index in [1.54, 1.807) is 3.87 Å². The van der Waals surface area contributed by atoms with Crippen molar-refractivity contribution < 1.29 is 21.6 Å². The van der Waals surface area contributed by atoms with Crippen molar-refractivity contribution in [3.05, 3.63) is 59.2 Å². The first-order chi connectivity index (χ1) is 11.7. The van der Waals surface area contributed by atoms with Crippen molar-refractivity contribution in [3.8, 4) is 0 Å². The second-order valence-electron chi connectivity index (χ2n) is 6.63. The van der Waals surface area contributed by atoms with Crippen LogP contribution in [0.4, 0.5) is 0 Å². The van der Waals surface area contributed by atoms with Gasteiger partial charge >= 0.3 is 153 Å². The Balaban J connectivity index is 0.00000169. The molecule has 0 bridgehead atoms. The van der Waals surface area contributed by atoms with Crippen LogP contribution in [0, 0.1) is 0 Å². The molecule has 3 rings (SSSR count). The summed E-state index contributed by atoms with van der Waals surface area (Å²) >= 11 is -1.76. The fourth-order valence-corrected chi connectivity index (χ4v) is 7.34. The maximum absolute atomic E-state index is 6.14. The van der Waals surface area contributed by atoms with Gasteiger partial charge in [0.15, 0.2) is 0 Å². The zero-order valence-corrected chi connectivity index (χ0v) is 19.3. The predicted octanol–water partition coefficient (Wildman–Crippen LogP) is 6.83. The quantitative estimate of drug-likeness (QED) is 0.459. The van der Waals surface area contributed by atoms with Crippen LogP contribution in [0.25, 0.3) is 16.3 Å².